The molecule has 2 heteroatoms. The van der Waals surface area contributed by atoms with Crippen molar-refractivity contribution in [3.63, 3.8) is 0 Å². The van der Waals surface area contributed by atoms with Crippen LogP contribution in [0.1, 0.15) is 48.9 Å². The Bertz CT molecular complexity index is 341. The molecule has 0 amide bonds. The maximum atomic E-state index is 4.44. The van der Waals surface area contributed by atoms with E-state index in [-0.39, 0.29) is 0 Å². The number of nitrogens with one attached hydrogen (secondary N) is 1. The lowest BCUT2D eigenvalue weighted by molar-refractivity contribution is 0.457. The van der Waals surface area contributed by atoms with E-state index in [1.54, 1.807) is 5.56 Å². The van der Waals surface area contributed by atoms with E-state index in [0.717, 1.165) is 19.0 Å². The molecule has 0 spiro atoms. The molecule has 0 atom stereocenters. The van der Waals surface area contributed by atoms with Crippen LogP contribution >= 0.6 is 0 Å². The molecule has 1 aliphatic rings. The average Bonchev–Trinajstić information content (AvgIpc) is 2.33. The predicted molar refractivity (Wildman–Crippen MR) is 67.8 cm³/mol. The van der Waals surface area contributed by atoms with Gasteiger partial charge in [0.2, 0.25) is 0 Å². The van der Waals surface area contributed by atoms with E-state index in [9.17, 15) is 0 Å². The molecule has 0 unspecified atom stereocenters. The van der Waals surface area contributed by atoms with Crippen LogP contribution in [0.3, 0.4) is 0 Å². The van der Waals surface area contributed by atoms with E-state index < -0.39 is 0 Å². The maximum Gasteiger partial charge on any atom is 0.0407 e. The minimum absolute atomic E-state index is 0.754. The number of aryl methyl sites for hydroxylation is 1. The summed E-state index contributed by atoms with van der Waals surface area (Å²) in [7, 11) is 0. The molecule has 1 N–H and O–H groups in total. The van der Waals surface area contributed by atoms with E-state index >= 15 is 0 Å². The van der Waals surface area contributed by atoms with Gasteiger partial charge in [-0.05, 0) is 62.4 Å². The lowest BCUT2D eigenvalue weighted by Gasteiger charge is -2.25. The van der Waals surface area contributed by atoms with E-state index in [4.69, 9.17) is 0 Å². The van der Waals surface area contributed by atoms with Crippen LogP contribution in [0.15, 0.2) is 12.3 Å². The van der Waals surface area contributed by atoms with Gasteiger partial charge in [-0.15, -0.1) is 0 Å². The van der Waals surface area contributed by atoms with Crippen LogP contribution in [-0.2, 0) is 6.42 Å². The van der Waals surface area contributed by atoms with Crippen LogP contribution in [0.4, 0.5) is 0 Å². The van der Waals surface area contributed by atoms with E-state index in [2.05, 4.69) is 30.2 Å². The summed E-state index contributed by atoms with van der Waals surface area (Å²) in [6, 6.07) is 2.24. The largest absolute Gasteiger partial charge is 0.317 e. The fourth-order valence-electron chi connectivity index (χ4n) is 2.71. The maximum absolute atomic E-state index is 4.44. The molecular weight excluding hydrogens is 196 g/mol. The highest BCUT2D eigenvalue weighted by Crippen LogP contribution is 2.29. The van der Waals surface area contributed by atoms with E-state index in [0.29, 0.717) is 0 Å². The zero-order valence-electron chi connectivity index (χ0n) is 10.4. The highest BCUT2D eigenvalue weighted by atomic mass is 14.9. The van der Waals surface area contributed by atoms with Crippen molar-refractivity contribution in [2.75, 3.05) is 13.1 Å². The summed E-state index contributed by atoms with van der Waals surface area (Å²) in [5.41, 5.74) is 4.31. The standard InChI is InChI=1S/C14H22N2/c1-3-4-13-11(2)16-10-7-14(13)12-5-8-15-9-6-12/h7,10,12,15H,3-6,8-9H2,1-2H3. The van der Waals surface area contributed by atoms with E-state index in [1.165, 1.54) is 36.9 Å². The van der Waals surface area contributed by atoms with Crippen LogP contribution in [0.2, 0.25) is 0 Å². The van der Waals surface area contributed by atoms with Gasteiger partial charge >= 0.3 is 0 Å². The summed E-state index contributed by atoms with van der Waals surface area (Å²) in [4.78, 5) is 4.44. The van der Waals surface area contributed by atoms with Crippen LogP contribution in [0, 0.1) is 6.92 Å². The van der Waals surface area contributed by atoms with Gasteiger partial charge in [0.05, 0.1) is 0 Å². The summed E-state index contributed by atoms with van der Waals surface area (Å²) < 4.78 is 0. The molecule has 88 valence electrons. The minimum Gasteiger partial charge on any atom is -0.317 e. The molecular formula is C14H22N2. The van der Waals surface area contributed by atoms with Gasteiger partial charge in [0, 0.05) is 11.9 Å². The molecule has 2 nitrogen and oxygen atoms in total. The second-order valence-corrected chi connectivity index (χ2v) is 4.74. The lowest BCUT2D eigenvalue weighted by atomic mass is 9.86. The van der Waals surface area contributed by atoms with Crippen molar-refractivity contribution in [1.29, 1.82) is 0 Å². The number of nitrogens with zero attached hydrogens (tertiary/aromatic N) is 1. The molecule has 2 rings (SSSR count). The normalized spacial score (nSPS) is 17.6. The molecule has 0 aromatic carbocycles. The third-order valence-corrected chi connectivity index (χ3v) is 3.59. The molecule has 1 saturated heterocycles. The lowest BCUT2D eigenvalue weighted by Crippen LogP contribution is -2.27. The molecule has 1 fully saturated rings. The number of aromatic nitrogens is 1. The van der Waals surface area contributed by atoms with Gasteiger partial charge in [-0.2, -0.15) is 0 Å². The predicted octanol–water partition coefficient (Wildman–Crippen LogP) is 2.81. The summed E-state index contributed by atoms with van der Waals surface area (Å²) in [6.45, 7) is 6.73. The van der Waals surface area contributed by atoms with Crippen molar-refractivity contribution in [1.82, 2.24) is 10.3 Å². The zero-order valence-corrected chi connectivity index (χ0v) is 10.4. The van der Waals surface area contributed by atoms with Crippen molar-refractivity contribution < 1.29 is 0 Å². The topological polar surface area (TPSA) is 24.9 Å². The fourth-order valence-corrected chi connectivity index (χ4v) is 2.71. The number of pyridine rings is 1. The van der Waals surface area contributed by atoms with Crippen LogP contribution < -0.4 is 5.32 Å². The Morgan fingerprint density at radius 1 is 1.38 bits per heavy atom. The fraction of sp³-hybridized carbons (Fsp3) is 0.643. The highest BCUT2D eigenvalue weighted by molar-refractivity contribution is 5.33. The van der Waals surface area contributed by atoms with Gasteiger partial charge in [0.25, 0.3) is 0 Å². The quantitative estimate of drug-likeness (QED) is 0.844. The van der Waals surface area contributed by atoms with Crippen LogP contribution in [-0.4, -0.2) is 18.1 Å². The van der Waals surface area contributed by atoms with Crippen LogP contribution in [0.25, 0.3) is 0 Å². The first-order chi connectivity index (χ1) is 7.83. The SMILES string of the molecule is CCCc1c(C2CCNCC2)ccnc1C. The second kappa shape index (κ2) is 5.44. The smallest absolute Gasteiger partial charge is 0.0407 e. The van der Waals surface area contributed by atoms with Crippen molar-refractivity contribution in [3.05, 3.63) is 29.1 Å². The molecule has 0 aliphatic carbocycles. The first kappa shape index (κ1) is 11.6. The number of piperidine rings is 1. The summed E-state index contributed by atoms with van der Waals surface area (Å²) in [5.74, 6) is 0.754. The van der Waals surface area contributed by atoms with Crippen molar-refractivity contribution in [2.45, 2.75) is 45.4 Å². The second-order valence-electron chi connectivity index (χ2n) is 4.74. The highest BCUT2D eigenvalue weighted by Gasteiger charge is 2.18. The number of hydrogen-bond donors (Lipinski definition) is 1. The molecule has 1 aliphatic heterocycles. The van der Waals surface area contributed by atoms with Gasteiger partial charge < -0.3 is 5.32 Å². The average molecular weight is 218 g/mol. The number of rotatable bonds is 3. The van der Waals surface area contributed by atoms with Gasteiger partial charge in [-0.3, -0.25) is 4.98 Å². The van der Waals surface area contributed by atoms with Crippen molar-refractivity contribution in [2.24, 2.45) is 0 Å². The van der Waals surface area contributed by atoms with Gasteiger partial charge in [-0.1, -0.05) is 13.3 Å². The van der Waals surface area contributed by atoms with Gasteiger partial charge in [0.1, 0.15) is 0 Å². The summed E-state index contributed by atoms with van der Waals surface area (Å²) >= 11 is 0. The molecule has 0 bridgehead atoms. The summed E-state index contributed by atoms with van der Waals surface area (Å²) in [5, 5.41) is 3.43. The Labute approximate surface area is 98.5 Å². The number of hydrogen-bond acceptors (Lipinski definition) is 2. The Morgan fingerprint density at radius 3 is 2.81 bits per heavy atom. The molecule has 16 heavy (non-hydrogen) atoms. The molecule has 1 aromatic heterocycles. The zero-order chi connectivity index (χ0) is 11.4. The van der Waals surface area contributed by atoms with E-state index in [1.807, 2.05) is 6.20 Å². The summed E-state index contributed by atoms with van der Waals surface area (Å²) in [6.07, 6.45) is 6.93. The molecule has 0 saturated carbocycles. The minimum atomic E-state index is 0.754. The van der Waals surface area contributed by atoms with Crippen molar-refractivity contribution >= 4 is 0 Å². The van der Waals surface area contributed by atoms with Crippen molar-refractivity contribution in [3.8, 4) is 0 Å². The molecule has 1 aromatic rings. The Morgan fingerprint density at radius 2 is 2.12 bits per heavy atom. The Kier molecular flexibility index (Phi) is 3.94. The molecule has 0 radical (unpaired) electrons. The molecule has 2 heterocycles. The van der Waals surface area contributed by atoms with Gasteiger partial charge in [-0.25, -0.2) is 0 Å². The first-order valence-corrected chi connectivity index (χ1v) is 6.48. The third kappa shape index (κ3) is 2.43. The Hall–Kier alpha value is -0.890. The monoisotopic (exact) mass is 218 g/mol. The van der Waals surface area contributed by atoms with Crippen LogP contribution in [0.5, 0.6) is 0 Å². The first-order valence-electron chi connectivity index (χ1n) is 6.48. The third-order valence-electron chi connectivity index (χ3n) is 3.59. The Balaban J connectivity index is 2.27. The van der Waals surface area contributed by atoms with Gasteiger partial charge in [0.15, 0.2) is 0 Å².